The summed E-state index contributed by atoms with van der Waals surface area (Å²) in [5.41, 5.74) is 3.55. The molecule has 0 spiro atoms. The van der Waals surface area contributed by atoms with Gasteiger partial charge in [0.25, 0.3) is 5.56 Å². The summed E-state index contributed by atoms with van der Waals surface area (Å²) in [4.78, 5) is 26.7. The first-order chi connectivity index (χ1) is 14.4. The van der Waals surface area contributed by atoms with Gasteiger partial charge in [-0.1, -0.05) is 0 Å². The molecule has 30 heavy (non-hydrogen) atoms. The lowest BCUT2D eigenvalue weighted by atomic mass is 9.89. The molecule has 1 aliphatic rings. The van der Waals surface area contributed by atoms with Crippen molar-refractivity contribution in [3.05, 3.63) is 57.5 Å². The Morgan fingerprint density at radius 1 is 1.13 bits per heavy atom. The average Bonchev–Trinajstić information content (AvgIpc) is 3.13. The number of hydrogen-bond acceptors (Lipinski definition) is 5. The zero-order chi connectivity index (χ0) is 21.0. The molecular formula is C22H23FN6O. The van der Waals surface area contributed by atoms with Crippen LogP contribution in [0.1, 0.15) is 35.7 Å². The summed E-state index contributed by atoms with van der Waals surface area (Å²) >= 11 is 0. The number of benzene rings is 1. The maximum Gasteiger partial charge on any atom is 0.259 e. The van der Waals surface area contributed by atoms with Gasteiger partial charge in [-0.05, 0) is 76.5 Å². The summed E-state index contributed by atoms with van der Waals surface area (Å²) in [6.07, 6.45) is 3.72. The van der Waals surface area contributed by atoms with Gasteiger partial charge in [0.15, 0.2) is 5.82 Å². The normalized spacial score (nSPS) is 16.0. The van der Waals surface area contributed by atoms with Crippen LogP contribution in [0.2, 0.25) is 0 Å². The van der Waals surface area contributed by atoms with E-state index in [0.29, 0.717) is 5.69 Å². The monoisotopic (exact) mass is 406 g/mol. The Bertz CT molecular complexity index is 1330. The Labute approximate surface area is 172 Å². The second-order valence-corrected chi connectivity index (χ2v) is 8.22. The number of rotatable bonds is 2. The standard InChI is InChI=1S/C22H23FN6O/c1-12-11-29-19(13(2)24-12)10-18(27-29)21-25-20-16(22(30)26-21)8-15(9-17(20)23)14-4-6-28(3)7-5-14/h8-11,14H,4-7H2,1-3H3,(H,25,26,30). The van der Waals surface area contributed by atoms with Gasteiger partial charge in [-0.3, -0.25) is 9.78 Å². The van der Waals surface area contributed by atoms with E-state index < -0.39 is 5.82 Å². The molecule has 4 heterocycles. The van der Waals surface area contributed by atoms with Gasteiger partial charge in [0.05, 0.1) is 28.5 Å². The van der Waals surface area contributed by atoms with E-state index in [1.807, 2.05) is 13.8 Å². The van der Waals surface area contributed by atoms with Gasteiger partial charge < -0.3 is 9.88 Å². The molecule has 0 amide bonds. The molecule has 1 aliphatic heterocycles. The summed E-state index contributed by atoms with van der Waals surface area (Å²) in [7, 11) is 2.09. The van der Waals surface area contributed by atoms with Crippen molar-refractivity contribution in [2.24, 2.45) is 0 Å². The molecule has 0 aliphatic carbocycles. The van der Waals surface area contributed by atoms with E-state index in [1.165, 1.54) is 6.07 Å². The third-order valence-electron chi connectivity index (χ3n) is 5.98. The van der Waals surface area contributed by atoms with Crippen molar-refractivity contribution < 1.29 is 4.39 Å². The molecule has 0 saturated carbocycles. The summed E-state index contributed by atoms with van der Waals surface area (Å²) in [6.45, 7) is 5.73. The maximum atomic E-state index is 15.0. The van der Waals surface area contributed by atoms with E-state index in [4.69, 9.17) is 0 Å². The molecule has 1 saturated heterocycles. The number of nitrogens with zero attached hydrogens (tertiary/aromatic N) is 5. The van der Waals surface area contributed by atoms with E-state index in [0.717, 1.165) is 48.4 Å². The minimum Gasteiger partial charge on any atom is -0.306 e. The Kier molecular flexibility index (Phi) is 4.39. The smallest absolute Gasteiger partial charge is 0.259 e. The first-order valence-electron chi connectivity index (χ1n) is 10.1. The van der Waals surface area contributed by atoms with E-state index in [9.17, 15) is 4.79 Å². The molecule has 1 fully saturated rings. The minimum atomic E-state index is -0.466. The molecule has 0 radical (unpaired) electrons. The predicted molar refractivity (Wildman–Crippen MR) is 113 cm³/mol. The Morgan fingerprint density at radius 3 is 2.67 bits per heavy atom. The van der Waals surface area contributed by atoms with Crippen LogP contribution in [-0.2, 0) is 0 Å². The van der Waals surface area contributed by atoms with Crippen LogP contribution >= 0.6 is 0 Å². The van der Waals surface area contributed by atoms with E-state index in [1.54, 1.807) is 22.8 Å². The van der Waals surface area contributed by atoms with Gasteiger partial charge in [0.2, 0.25) is 0 Å². The van der Waals surface area contributed by atoms with Gasteiger partial charge in [-0.15, -0.1) is 0 Å². The van der Waals surface area contributed by atoms with Crippen LogP contribution < -0.4 is 5.56 Å². The van der Waals surface area contributed by atoms with Crippen molar-refractivity contribution in [3.8, 4) is 11.5 Å². The number of hydrogen-bond donors (Lipinski definition) is 1. The van der Waals surface area contributed by atoms with Crippen LogP contribution in [0.5, 0.6) is 0 Å². The summed E-state index contributed by atoms with van der Waals surface area (Å²) in [5, 5.41) is 4.78. The fourth-order valence-corrected chi connectivity index (χ4v) is 4.33. The first-order valence-corrected chi connectivity index (χ1v) is 10.1. The third kappa shape index (κ3) is 3.17. The highest BCUT2D eigenvalue weighted by molar-refractivity contribution is 5.81. The highest BCUT2D eigenvalue weighted by Crippen LogP contribution is 2.30. The van der Waals surface area contributed by atoms with Crippen molar-refractivity contribution in [2.75, 3.05) is 20.1 Å². The number of halogens is 1. The molecule has 4 aromatic rings. The molecule has 1 aromatic carbocycles. The van der Waals surface area contributed by atoms with Crippen LogP contribution in [0.15, 0.2) is 29.2 Å². The highest BCUT2D eigenvalue weighted by Gasteiger charge is 2.21. The molecule has 7 nitrogen and oxygen atoms in total. The lowest BCUT2D eigenvalue weighted by Crippen LogP contribution is -2.29. The van der Waals surface area contributed by atoms with Crippen molar-refractivity contribution >= 4 is 16.4 Å². The fourth-order valence-electron chi connectivity index (χ4n) is 4.33. The van der Waals surface area contributed by atoms with Crippen LogP contribution in [0.25, 0.3) is 27.9 Å². The summed E-state index contributed by atoms with van der Waals surface area (Å²) in [5.74, 6) is 0.0433. The Morgan fingerprint density at radius 2 is 1.90 bits per heavy atom. The minimum absolute atomic E-state index is 0.0773. The zero-order valence-electron chi connectivity index (χ0n) is 17.2. The van der Waals surface area contributed by atoms with Crippen LogP contribution in [0, 0.1) is 19.7 Å². The molecule has 1 N–H and O–H groups in total. The van der Waals surface area contributed by atoms with Crippen LogP contribution in [-0.4, -0.2) is 49.6 Å². The molecular weight excluding hydrogens is 383 g/mol. The zero-order valence-corrected chi connectivity index (χ0v) is 17.2. The SMILES string of the molecule is Cc1cn2nc(-c3nc4c(F)cc(C5CCN(C)CC5)cc4c(=O)[nH]3)cc2c(C)n1. The van der Waals surface area contributed by atoms with Gasteiger partial charge in [0, 0.05) is 0 Å². The van der Waals surface area contributed by atoms with E-state index in [-0.39, 0.29) is 28.2 Å². The quantitative estimate of drug-likeness (QED) is 0.553. The van der Waals surface area contributed by atoms with Crippen molar-refractivity contribution in [3.63, 3.8) is 0 Å². The van der Waals surface area contributed by atoms with Crippen molar-refractivity contribution in [1.82, 2.24) is 29.5 Å². The fraction of sp³-hybridized carbons (Fsp3) is 0.364. The molecule has 5 rings (SSSR count). The van der Waals surface area contributed by atoms with Gasteiger partial charge in [-0.25, -0.2) is 13.9 Å². The van der Waals surface area contributed by atoms with Gasteiger partial charge in [-0.2, -0.15) is 5.10 Å². The van der Waals surface area contributed by atoms with Gasteiger partial charge >= 0.3 is 0 Å². The highest BCUT2D eigenvalue weighted by atomic mass is 19.1. The number of aromatic nitrogens is 5. The lowest BCUT2D eigenvalue weighted by molar-refractivity contribution is 0.255. The maximum absolute atomic E-state index is 15.0. The van der Waals surface area contributed by atoms with E-state index in [2.05, 4.69) is 32.0 Å². The summed E-state index contributed by atoms with van der Waals surface area (Å²) < 4.78 is 16.7. The van der Waals surface area contributed by atoms with Crippen LogP contribution in [0.4, 0.5) is 4.39 Å². The topological polar surface area (TPSA) is 79.2 Å². The number of nitrogens with one attached hydrogen (secondary N) is 1. The first kappa shape index (κ1) is 18.9. The molecule has 8 heteroatoms. The molecule has 0 bridgehead atoms. The number of fused-ring (bicyclic) bond motifs is 2. The number of aryl methyl sites for hydroxylation is 2. The lowest BCUT2D eigenvalue weighted by Gasteiger charge is -2.29. The second kappa shape index (κ2) is 6.98. The van der Waals surface area contributed by atoms with Crippen molar-refractivity contribution in [1.29, 1.82) is 0 Å². The van der Waals surface area contributed by atoms with E-state index >= 15 is 4.39 Å². The Balaban J connectivity index is 1.60. The average molecular weight is 406 g/mol. The third-order valence-corrected chi connectivity index (χ3v) is 5.98. The molecule has 0 atom stereocenters. The largest absolute Gasteiger partial charge is 0.306 e. The predicted octanol–water partition coefficient (Wildman–Crippen LogP) is 3.20. The molecule has 0 unspecified atom stereocenters. The second-order valence-electron chi connectivity index (χ2n) is 8.22. The molecule has 154 valence electrons. The number of likely N-dealkylation sites (tertiary alicyclic amines) is 1. The van der Waals surface area contributed by atoms with Crippen molar-refractivity contribution in [2.45, 2.75) is 32.6 Å². The number of H-pyrrole nitrogens is 1. The Hall–Kier alpha value is -3.13. The number of aromatic amines is 1. The molecule has 3 aromatic heterocycles. The van der Waals surface area contributed by atoms with Crippen LogP contribution in [0.3, 0.4) is 0 Å². The summed E-state index contributed by atoms with van der Waals surface area (Å²) in [6, 6.07) is 5.14. The van der Waals surface area contributed by atoms with Gasteiger partial charge in [0.1, 0.15) is 17.0 Å². The number of piperidine rings is 1.